The number of hydrogen-bond donors (Lipinski definition) is 0. The summed E-state index contributed by atoms with van der Waals surface area (Å²) in [5.41, 5.74) is 3.91. The van der Waals surface area contributed by atoms with Crippen molar-refractivity contribution >= 4 is 11.4 Å². The van der Waals surface area contributed by atoms with Gasteiger partial charge in [0.25, 0.3) is 0 Å². The minimum absolute atomic E-state index is 0.0796. The number of carbonyl (C=O) groups is 1. The van der Waals surface area contributed by atoms with Crippen LogP contribution in [0.1, 0.15) is 56.6 Å². The predicted molar refractivity (Wildman–Crippen MR) is 98.8 cm³/mol. The topological polar surface area (TPSA) is 20.3 Å². The second-order valence-electron chi connectivity index (χ2n) is 8.26. The zero-order chi connectivity index (χ0) is 16.9. The van der Waals surface area contributed by atoms with Gasteiger partial charge in [0.15, 0.2) is 0 Å². The molecule has 3 aliphatic rings. The molecule has 0 radical (unpaired) electrons. The molecule has 1 aromatic rings. The van der Waals surface area contributed by atoms with Crippen molar-refractivity contribution in [3.8, 4) is 0 Å². The van der Waals surface area contributed by atoms with Crippen molar-refractivity contribution in [1.29, 1.82) is 0 Å². The molecule has 0 heterocycles. The van der Waals surface area contributed by atoms with Gasteiger partial charge in [0.05, 0.1) is 11.0 Å². The average molecular weight is 323 g/mol. The van der Waals surface area contributed by atoms with Crippen molar-refractivity contribution in [2.45, 2.75) is 57.4 Å². The van der Waals surface area contributed by atoms with Crippen LogP contribution in [0.5, 0.6) is 0 Å². The zero-order valence-corrected chi connectivity index (χ0v) is 15.3. The van der Waals surface area contributed by atoms with Crippen molar-refractivity contribution in [2.24, 2.45) is 11.3 Å². The predicted octanol–water partition coefficient (Wildman–Crippen LogP) is 4.49. The van der Waals surface area contributed by atoms with Gasteiger partial charge in [0.2, 0.25) is 0 Å². The fraction of sp³-hybridized carbons (Fsp3) is 0.591. The van der Waals surface area contributed by atoms with Crippen LogP contribution in [0.15, 0.2) is 30.3 Å². The number of likely N-dealkylation sites (N-methyl/N-ethyl adjacent to an activating group) is 1. The van der Waals surface area contributed by atoms with Crippen LogP contribution in [0.25, 0.3) is 5.57 Å². The van der Waals surface area contributed by atoms with Gasteiger partial charge < -0.3 is 0 Å². The van der Waals surface area contributed by atoms with Crippen molar-refractivity contribution in [1.82, 2.24) is 4.90 Å². The van der Waals surface area contributed by atoms with Crippen LogP contribution in [0.2, 0.25) is 0 Å². The van der Waals surface area contributed by atoms with Gasteiger partial charge in [-0.15, -0.1) is 0 Å². The highest BCUT2D eigenvalue weighted by Gasteiger charge is 2.68. The third-order valence-electron chi connectivity index (χ3n) is 6.95. The maximum Gasteiger partial charge on any atom is 0.145 e. The van der Waals surface area contributed by atoms with Gasteiger partial charge in [-0.3, -0.25) is 9.69 Å². The van der Waals surface area contributed by atoms with E-state index in [1.807, 2.05) is 0 Å². The molecule has 24 heavy (non-hydrogen) atoms. The summed E-state index contributed by atoms with van der Waals surface area (Å²) in [6.45, 7) is 2.23. The van der Waals surface area contributed by atoms with Gasteiger partial charge in [0.1, 0.15) is 5.78 Å². The van der Waals surface area contributed by atoms with Gasteiger partial charge >= 0.3 is 0 Å². The number of rotatable bonds is 4. The lowest BCUT2D eigenvalue weighted by atomic mass is 9.68. The van der Waals surface area contributed by atoms with E-state index in [4.69, 9.17) is 0 Å². The molecule has 4 rings (SSSR count). The smallest absolute Gasteiger partial charge is 0.145 e. The average Bonchev–Trinajstić information content (AvgIpc) is 3.02. The van der Waals surface area contributed by atoms with E-state index in [1.165, 1.54) is 42.4 Å². The molecule has 0 aromatic heterocycles. The summed E-state index contributed by atoms with van der Waals surface area (Å²) in [7, 11) is 4.34. The van der Waals surface area contributed by atoms with E-state index >= 15 is 0 Å². The first-order chi connectivity index (χ1) is 11.5. The lowest BCUT2D eigenvalue weighted by Crippen LogP contribution is -2.48. The molecule has 0 spiro atoms. The monoisotopic (exact) mass is 323 g/mol. The van der Waals surface area contributed by atoms with E-state index < -0.39 is 0 Å². The molecule has 2 bridgehead atoms. The molecule has 128 valence electrons. The number of Topliss-reactive ketones (excluding diaryl/α,β-unsaturated/α-hetero) is 1. The minimum atomic E-state index is -0.167. The van der Waals surface area contributed by atoms with Crippen LogP contribution in [0.3, 0.4) is 0 Å². The normalized spacial score (nSPS) is 34.6. The zero-order valence-electron chi connectivity index (χ0n) is 15.3. The molecule has 2 heteroatoms. The maximum absolute atomic E-state index is 12.9. The Balaban J connectivity index is 1.81. The summed E-state index contributed by atoms with van der Waals surface area (Å²) >= 11 is 0. The first-order valence-corrected chi connectivity index (χ1v) is 9.58. The number of benzene rings is 1. The van der Waals surface area contributed by atoms with Crippen LogP contribution in [-0.2, 0) is 11.2 Å². The van der Waals surface area contributed by atoms with Crippen molar-refractivity contribution in [3.63, 3.8) is 0 Å². The Morgan fingerprint density at radius 1 is 1.17 bits per heavy atom. The molecule has 3 aliphatic carbocycles. The second kappa shape index (κ2) is 5.56. The molecule has 0 amide bonds. The molecular weight excluding hydrogens is 294 g/mol. The molecule has 0 unspecified atom stereocenters. The van der Waals surface area contributed by atoms with Gasteiger partial charge in [-0.25, -0.2) is 0 Å². The van der Waals surface area contributed by atoms with Crippen LogP contribution < -0.4 is 0 Å². The quantitative estimate of drug-likeness (QED) is 0.814. The molecule has 0 N–H and O–H groups in total. The molecular formula is C22H29NO. The maximum atomic E-state index is 12.9. The van der Waals surface area contributed by atoms with Crippen molar-refractivity contribution in [2.75, 3.05) is 14.1 Å². The molecule has 2 saturated carbocycles. The SMILES string of the molecule is CCCc1ccc(C2=C[C@]34CCCC[C@H]3[C@@]2(N(C)C)CC4=O)cc1. The molecule has 0 aliphatic heterocycles. The Hall–Kier alpha value is -1.41. The first-order valence-electron chi connectivity index (χ1n) is 9.58. The van der Waals surface area contributed by atoms with Gasteiger partial charge in [-0.1, -0.05) is 56.5 Å². The Kier molecular flexibility index (Phi) is 3.72. The van der Waals surface area contributed by atoms with Gasteiger partial charge in [-0.2, -0.15) is 0 Å². The summed E-state index contributed by atoms with van der Waals surface area (Å²) < 4.78 is 0. The van der Waals surface area contributed by atoms with E-state index in [-0.39, 0.29) is 11.0 Å². The number of carbonyl (C=O) groups excluding carboxylic acids is 1. The fourth-order valence-corrected chi connectivity index (χ4v) is 5.83. The van der Waals surface area contributed by atoms with Crippen LogP contribution in [0.4, 0.5) is 0 Å². The highest BCUT2D eigenvalue weighted by Crippen LogP contribution is 2.66. The summed E-state index contributed by atoms with van der Waals surface area (Å²) in [5, 5.41) is 0. The third kappa shape index (κ3) is 1.95. The van der Waals surface area contributed by atoms with E-state index in [0.717, 1.165) is 12.8 Å². The third-order valence-corrected chi connectivity index (χ3v) is 6.95. The molecule has 2 fully saturated rings. The van der Waals surface area contributed by atoms with E-state index in [1.54, 1.807) is 0 Å². The van der Waals surface area contributed by atoms with Crippen LogP contribution >= 0.6 is 0 Å². The highest BCUT2D eigenvalue weighted by molar-refractivity contribution is 6.01. The van der Waals surface area contributed by atoms with E-state index in [0.29, 0.717) is 18.1 Å². The highest BCUT2D eigenvalue weighted by atomic mass is 16.1. The molecule has 1 aromatic carbocycles. The summed E-state index contributed by atoms with van der Waals surface area (Å²) in [4.78, 5) is 15.3. The Bertz CT molecular complexity index is 686. The molecule has 2 nitrogen and oxygen atoms in total. The number of nitrogens with zero attached hydrogens (tertiary/aromatic N) is 1. The molecule has 3 atom stereocenters. The van der Waals surface area contributed by atoms with Crippen molar-refractivity contribution < 1.29 is 4.79 Å². The Morgan fingerprint density at radius 2 is 1.92 bits per heavy atom. The van der Waals surface area contributed by atoms with Gasteiger partial charge in [0, 0.05) is 6.42 Å². The summed E-state index contributed by atoms with van der Waals surface area (Å²) in [6, 6.07) is 9.13. The Morgan fingerprint density at radius 3 is 2.58 bits per heavy atom. The molecule has 0 saturated heterocycles. The van der Waals surface area contributed by atoms with Crippen LogP contribution in [-0.4, -0.2) is 30.3 Å². The summed E-state index contributed by atoms with van der Waals surface area (Å²) in [5.74, 6) is 0.971. The number of allylic oxidation sites excluding steroid dienone is 1. The lowest BCUT2D eigenvalue weighted by Gasteiger charge is -2.43. The lowest BCUT2D eigenvalue weighted by molar-refractivity contribution is -0.125. The fourth-order valence-electron chi connectivity index (χ4n) is 5.83. The largest absolute Gasteiger partial charge is 0.299 e. The number of hydrogen-bond acceptors (Lipinski definition) is 2. The van der Waals surface area contributed by atoms with Crippen molar-refractivity contribution in [3.05, 3.63) is 41.5 Å². The standard InChI is InChI=1S/C22H29NO/c1-4-7-16-9-11-17(12-10-16)18-14-21-13-6-5-8-19(21)22(18,23(2)3)15-20(21)24/h9-12,14,19H,4-8,13,15H2,1-3H3/t19-,21-,22-/m1/s1. The Labute approximate surface area is 145 Å². The number of aryl methyl sites for hydroxylation is 1. The number of ketones is 1. The van der Waals surface area contributed by atoms with Gasteiger partial charge in [-0.05, 0) is 56.0 Å². The summed E-state index contributed by atoms with van der Waals surface area (Å²) in [6.07, 6.45) is 10.1. The van der Waals surface area contributed by atoms with Crippen LogP contribution in [0, 0.1) is 11.3 Å². The second-order valence-corrected chi connectivity index (χ2v) is 8.26. The van der Waals surface area contributed by atoms with E-state index in [9.17, 15) is 4.79 Å². The first kappa shape index (κ1) is 16.1. The minimum Gasteiger partial charge on any atom is -0.299 e. The van der Waals surface area contributed by atoms with E-state index in [2.05, 4.69) is 56.3 Å².